The molecule has 2 atom stereocenters. The third-order valence-electron chi connectivity index (χ3n) is 4.44. The molecular weight excluding hydrogens is 290 g/mol. The molecule has 1 fully saturated rings. The number of quaternary nitrogens is 1. The number of amides is 2. The van der Waals surface area contributed by atoms with Crippen LogP contribution in [0.3, 0.4) is 0 Å². The third kappa shape index (κ3) is 4.79. The van der Waals surface area contributed by atoms with Crippen LogP contribution in [0.2, 0.25) is 0 Å². The summed E-state index contributed by atoms with van der Waals surface area (Å²) >= 11 is 0. The quantitative estimate of drug-likeness (QED) is 0.724. The summed E-state index contributed by atoms with van der Waals surface area (Å²) in [4.78, 5) is 25.3. The molecule has 1 aliphatic carbocycles. The molecular formula is C18H28N3O2+. The molecule has 0 saturated heterocycles. The largest absolute Gasteiger partial charge is 0.348 e. The maximum atomic E-state index is 12.3. The van der Waals surface area contributed by atoms with Gasteiger partial charge in [-0.15, -0.1) is 0 Å². The van der Waals surface area contributed by atoms with E-state index in [0.717, 1.165) is 34.6 Å². The van der Waals surface area contributed by atoms with Crippen LogP contribution in [0.25, 0.3) is 0 Å². The third-order valence-corrected chi connectivity index (χ3v) is 4.44. The smallest absolute Gasteiger partial charge is 0.279 e. The van der Waals surface area contributed by atoms with E-state index >= 15 is 0 Å². The van der Waals surface area contributed by atoms with E-state index in [4.69, 9.17) is 0 Å². The Labute approximate surface area is 138 Å². The van der Waals surface area contributed by atoms with Crippen LogP contribution in [0, 0.1) is 20.8 Å². The Morgan fingerprint density at radius 2 is 1.78 bits per heavy atom. The van der Waals surface area contributed by atoms with Crippen molar-refractivity contribution >= 4 is 17.5 Å². The molecule has 0 spiro atoms. The van der Waals surface area contributed by atoms with Crippen LogP contribution in [0.1, 0.15) is 36.5 Å². The van der Waals surface area contributed by atoms with Crippen molar-refractivity contribution in [2.24, 2.45) is 0 Å². The van der Waals surface area contributed by atoms with E-state index in [0.29, 0.717) is 6.04 Å². The highest BCUT2D eigenvalue weighted by Crippen LogP contribution is 2.21. The Hall–Kier alpha value is -1.88. The van der Waals surface area contributed by atoms with Crippen molar-refractivity contribution in [3.63, 3.8) is 0 Å². The van der Waals surface area contributed by atoms with Crippen LogP contribution in [0.5, 0.6) is 0 Å². The zero-order chi connectivity index (χ0) is 17.1. The fourth-order valence-electron chi connectivity index (χ4n) is 2.74. The van der Waals surface area contributed by atoms with Gasteiger partial charge in [0.25, 0.3) is 11.8 Å². The standard InChI is InChI=1S/C18H27N3O2/c1-11-8-12(2)17(13(3)9-11)20-16(22)10-21(5)14(4)18(23)19-15-6-7-15/h8-9,14-15H,6-7,10H2,1-5H3,(H,19,23)(H,20,22)/p+1/t14-/m0/s1. The summed E-state index contributed by atoms with van der Waals surface area (Å²) in [5, 5.41) is 5.98. The van der Waals surface area contributed by atoms with Crippen LogP contribution in [0.4, 0.5) is 5.69 Å². The van der Waals surface area contributed by atoms with Gasteiger partial charge in [-0.25, -0.2) is 0 Å². The van der Waals surface area contributed by atoms with Crippen LogP contribution >= 0.6 is 0 Å². The molecule has 2 amide bonds. The summed E-state index contributed by atoms with van der Waals surface area (Å²) in [6.45, 7) is 8.17. The Kier molecular flexibility index (Phi) is 5.42. The molecule has 23 heavy (non-hydrogen) atoms. The van der Waals surface area contributed by atoms with Gasteiger partial charge in [0.2, 0.25) is 0 Å². The summed E-state index contributed by atoms with van der Waals surface area (Å²) in [5.74, 6) is -0.0378. The number of aryl methyl sites for hydroxylation is 3. The average molecular weight is 318 g/mol. The summed E-state index contributed by atoms with van der Waals surface area (Å²) in [6.07, 6.45) is 2.15. The van der Waals surface area contributed by atoms with Crippen molar-refractivity contribution < 1.29 is 14.5 Å². The summed E-state index contributed by atoms with van der Waals surface area (Å²) < 4.78 is 0. The summed E-state index contributed by atoms with van der Waals surface area (Å²) in [7, 11) is 1.88. The monoisotopic (exact) mass is 318 g/mol. The van der Waals surface area contributed by atoms with Gasteiger partial charge in [-0.1, -0.05) is 17.7 Å². The zero-order valence-corrected chi connectivity index (χ0v) is 14.7. The van der Waals surface area contributed by atoms with Crippen LogP contribution in [0.15, 0.2) is 12.1 Å². The first-order valence-corrected chi connectivity index (χ1v) is 8.28. The van der Waals surface area contributed by atoms with Crippen LogP contribution in [-0.2, 0) is 9.59 Å². The lowest BCUT2D eigenvalue weighted by Gasteiger charge is -2.21. The van der Waals surface area contributed by atoms with Gasteiger partial charge in [-0.05, 0) is 51.7 Å². The van der Waals surface area contributed by atoms with E-state index in [1.54, 1.807) is 0 Å². The number of likely N-dealkylation sites (N-methyl/N-ethyl adjacent to an activating group) is 1. The molecule has 1 aromatic carbocycles. The predicted molar refractivity (Wildman–Crippen MR) is 91.7 cm³/mol. The maximum Gasteiger partial charge on any atom is 0.279 e. The van der Waals surface area contributed by atoms with Gasteiger partial charge >= 0.3 is 0 Å². The predicted octanol–water partition coefficient (Wildman–Crippen LogP) is 0.732. The van der Waals surface area contributed by atoms with Crippen molar-refractivity contribution in [1.29, 1.82) is 0 Å². The van der Waals surface area contributed by atoms with Crippen molar-refractivity contribution in [1.82, 2.24) is 5.32 Å². The van der Waals surface area contributed by atoms with E-state index in [1.165, 1.54) is 5.56 Å². The highest BCUT2D eigenvalue weighted by Gasteiger charge is 2.29. The van der Waals surface area contributed by atoms with Crippen molar-refractivity contribution in [3.05, 3.63) is 28.8 Å². The number of nitrogens with one attached hydrogen (secondary N) is 3. The van der Waals surface area contributed by atoms with Gasteiger partial charge in [-0.2, -0.15) is 0 Å². The lowest BCUT2D eigenvalue weighted by molar-refractivity contribution is -0.885. The molecule has 0 aliphatic heterocycles. The first kappa shape index (κ1) is 17.5. The number of rotatable bonds is 6. The lowest BCUT2D eigenvalue weighted by Crippen LogP contribution is -3.15. The topological polar surface area (TPSA) is 62.6 Å². The average Bonchev–Trinajstić information content (AvgIpc) is 3.25. The van der Waals surface area contributed by atoms with Gasteiger partial charge in [0.1, 0.15) is 0 Å². The minimum absolute atomic E-state index is 0.0282. The van der Waals surface area contributed by atoms with E-state index in [9.17, 15) is 9.59 Å². The molecule has 1 unspecified atom stereocenters. The van der Waals surface area contributed by atoms with Crippen LogP contribution < -0.4 is 15.5 Å². The molecule has 0 radical (unpaired) electrons. The molecule has 3 N–H and O–H groups in total. The molecule has 0 bridgehead atoms. The molecule has 5 heteroatoms. The van der Waals surface area contributed by atoms with Gasteiger partial charge < -0.3 is 15.5 Å². The van der Waals surface area contributed by atoms with Gasteiger partial charge in [0.15, 0.2) is 12.6 Å². The summed E-state index contributed by atoms with van der Waals surface area (Å²) in [6, 6.07) is 4.24. The normalized spacial score (nSPS) is 16.6. The second kappa shape index (κ2) is 7.13. The molecule has 1 aromatic rings. The first-order chi connectivity index (χ1) is 10.8. The molecule has 0 aromatic heterocycles. The van der Waals surface area contributed by atoms with Gasteiger partial charge in [0.05, 0.1) is 7.05 Å². The lowest BCUT2D eigenvalue weighted by atomic mass is 10.1. The molecule has 1 aliphatic rings. The number of hydrogen-bond donors (Lipinski definition) is 3. The van der Waals surface area contributed by atoms with E-state index in [1.807, 2.05) is 34.7 Å². The number of hydrogen-bond acceptors (Lipinski definition) is 2. The van der Waals surface area contributed by atoms with E-state index in [2.05, 4.69) is 22.8 Å². The van der Waals surface area contributed by atoms with E-state index < -0.39 is 0 Å². The van der Waals surface area contributed by atoms with Gasteiger partial charge in [-0.3, -0.25) is 9.59 Å². The fourth-order valence-corrected chi connectivity index (χ4v) is 2.74. The fraction of sp³-hybridized carbons (Fsp3) is 0.556. The maximum absolute atomic E-state index is 12.3. The number of anilines is 1. The highest BCUT2D eigenvalue weighted by atomic mass is 16.2. The summed E-state index contributed by atoms with van der Waals surface area (Å²) in [5.41, 5.74) is 4.19. The molecule has 1 saturated carbocycles. The van der Waals surface area contributed by atoms with Crippen LogP contribution in [-0.4, -0.2) is 37.5 Å². The number of carbonyl (C=O) groups is 2. The minimum atomic E-state index is -0.235. The minimum Gasteiger partial charge on any atom is -0.348 e. The Morgan fingerprint density at radius 3 is 2.30 bits per heavy atom. The van der Waals surface area contributed by atoms with Crippen molar-refractivity contribution in [2.45, 2.75) is 52.6 Å². The SMILES string of the molecule is Cc1cc(C)c(NC(=O)C[NH+](C)[C@@H](C)C(=O)NC2CC2)c(C)c1. The molecule has 2 rings (SSSR count). The highest BCUT2D eigenvalue weighted by molar-refractivity contribution is 5.93. The van der Waals surface area contributed by atoms with Crippen molar-refractivity contribution in [3.8, 4) is 0 Å². The van der Waals surface area contributed by atoms with E-state index in [-0.39, 0.29) is 24.4 Å². The number of carbonyl (C=O) groups excluding carboxylic acids is 2. The number of benzene rings is 1. The zero-order valence-electron chi connectivity index (χ0n) is 14.7. The Morgan fingerprint density at radius 1 is 1.22 bits per heavy atom. The Balaban J connectivity index is 1.92. The molecule has 126 valence electrons. The Bertz CT molecular complexity index is 585. The molecule has 5 nitrogen and oxygen atoms in total. The first-order valence-electron chi connectivity index (χ1n) is 8.28. The van der Waals surface area contributed by atoms with Gasteiger partial charge in [0, 0.05) is 11.7 Å². The molecule has 0 heterocycles. The van der Waals surface area contributed by atoms with Crippen molar-refractivity contribution in [2.75, 3.05) is 18.9 Å². The second-order valence-corrected chi connectivity index (χ2v) is 6.85. The second-order valence-electron chi connectivity index (χ2n) is 6.85.